The van der Waals surface area contributed by atoms with Crippen LogP contribution in [0.25, 0.3) is 6.08 Å². The van der Waals surface area contributed by atoms with E-state index in [1.165, 1.54) is 11.8 Å². The van der Waals surface area contributed by atoms with Gasteiger partial charge >= 0.3 is 0 Å². The van der Waals surface area contributed by atoms with Crippen LogP contribution < -0.4 is 10.6 Å². The lowest BCUT2D eigenvalue weighted by Crippen LogP contribution is -2.44. The average molecular weight is 730 g/mol. The molecule has 0 saturated carbocycles. The highest BCUT2D eigenvalue weighted by Crippen LogP contribution is 2.55. The van der Waals surface area contributed by atoms with Gasteiger partial charge in [0.2, 0.25) is 28.2 Å². The van der Waals surface area contributed by atoms with Crippen LogP contribution in [0, 0.1) is 17.8 Å². The van der Waals surface area contributed by atoms with Gasteiger partial charge in [0.15, 0.2) is 5.84 Å². The van der Waals surface area contributed by atoms with Gasteiger partial charge in [0, 0.05) is 57.0 Å². The van der Waals surface area contributed by atoms with E-state index in [0.717, 1.165) is 16.7 Å². The molecule has 4 N–H and O–H groups in total. The molecule has 15 aliphatic rings. The van der Waals surface area contributed by atoms with Crippen LogP contribution >= 0.6 is 11.8 Å². The van der Waals surface area contributed by atoms with E-state index >= 15 is 0 Å². The summed E-state index contributed by atoms with van der Waals surface area (Å²) in [5.41, 5.74) is 6.64. The van der Waals surface area contributed by atoms with Gasteiger partial charge in [-0.2, -0.15) is 0 Å². The molecule has 0 aromatic carbocycles. The molecule has 0 radical (unpaired) electrons. The summed E-state index contributed by atoms with van der Waals surface area (Å²) in [7, 11) is 0. The number of carbonyl (C=O) groups is 6. The zero-order valence-electron chi connectivity index (χ0n) is 27.7. The predicted octanol–water partition coefficient (Wildman–Crippen LogP) is 3.86. The number of H-pyrrole nitrogens is 2. The van der Waals surface area contributed by atoms with Crippen molar-refractivity contribution in [1.82, 2.24) is 15.3 Å². The van der Waals surface area contributed by atoms with Crippen LogP contribution in [0.5, 0.6) is 0 Å². The summed E-state index contributed by atoms with van der Waals surface area (Å²) in [6.07, 6.45) is 17.0. The van der Waals surface area contributed by atoms with Gasteiger partial charge in [-0.1, -0.05) is 60.4 Å². The Hall–Kier alpha value is -6.28. The summed E-state index contributed by atoms with van der Waals surface area (Å²) in [6.45, 7) is 0. The Kier molecular flexibility index (Phi) is 5.10. The van der Waals surface area contributed by atoms with Crippen LogP contribution in [-0.4, -0.2) is 66.8 Å². The van der Waals surface area contributed by atoms with Crippen molar-refractivity contribution in [1.29, 1.82) is 0 Å². The number of amidine groups is 3. The zero-order valence-corrected chi connectivity index (χ0v) is 28.5. The minimum Gasteiger partial charge on any atom is -0.341 e. The first-order chi connectivity index (χ1) is 26.2. The number of allylic oxidation sites excluding steroid dienone is 8. The number of rotatable bonds is 0. The summed E-state index contributed by atoms with van der Waals surface area (Å²) in [4.78, 5) is 102. The standard InChI is InChI=1S/C40H23N7O6S/c48-20-9-11-1-2-12(20)25-22(11)34-43-35-26-14-4-3-13(30(49)31(14)50)23(26)18(41-35)10-19-24-17-7-8-21(54-40(17)53)29(24)39(42-19)47-38-28-16-6-5-15(32(51)33(16)52)27(28)37(46-38)45-36(25)44-34/h1-8,10-17,21,41,43-44H,9H2,(H,42,45,46,47). The predicted molar refractivity (Wildman–Crippen MR) is 196 cm³/mol. The molecule has 5 aliphatic heterocycles. The molecule has 260 valence electrons. The van der Waals surface area contributed by atoms with Crippen LogP contribution in [0.3, 0.4) is 0 Å². The van der Waals surface area contributed by atoms with E-state index in [9.17, 15) is 28.8 Å². The molecule has 8 unspecified atom stereocenters. The molecule has 17 rings (SSSR count). The number of hydrogen-bond acceptors (Lipinski definition) is 12. The number of fused-ring (bicyclic) bond motifs is 10. The number of nitrogens with one attached hydrogen (secondary N) is 4. The number of Topliss-reactive ketones (excluding diaryl/α,β-unsaturated/α-hetero) is 5. The van der Waals surface area contributed by atoms with Crippen molar-refractivity contribution in [2.45, 2.75) is 35.3 Å². The van der Waals surface area contributed by atoms with Crippen molar-refractivity contribution in [2.24, 2.45) is 32.7 Å². The number of thioether (sulfide) groups is 1. The molecule has 0 amide bonds. The van der Waals surface area contributed by atoms with Crippen LogP contribution in [-0.2, 0) is 28.8 Å². The lowest BCUT2D eigenvalue weighted by Gasteiger charge is -2.32. The number of ketones is 5. The molecular weight excluding hydrogens is 707 g/mol. The van der Waals surface area contributed by atoms with E-state index < -0.39 is 58.6 Å². The first-order valence-corrected chi connectivity index (χ1v) is 18.8. The summed E-state index contributed by atoms with van der Waals surface area (Å²) in [5, 5.41) is 6.64. The molecule has 0 fully saturated rings. The number of anilines is 2. The molecule has 13 nitrogen and oxygen atoms in total. The number of nitrogens with zero attached hydrogens (tertiary/aromatic N) is 3. The summed E-state index contributed by atoms with van der Waals surface area (Å²) >= 11 is 1.22. The highest BCUT2D eigenvalue weighted by atomic mass is 32.2. The molecule has 7 heterocycles. The molecule has 2 aromatic rings. The fraction of sp³-hybridized carbons (Fsp3) is 0.225. The number of carbonyl (C=O) groups excluding carboxylic acids is 6. The number of aliphatic imine (C=N–C) groups is 3. The van der Waals surface area contributed by atoms with E-state index in [0.29, 0.717) is 74.8 Å². The Morgan fingerprint density at radius 2 is 1.22 bits per heavy atom. The Labute approximate surface area is 308 Å². The van der Waals surface area contributed by atoms with Crippen LogP contribution in [0.1, 0.15) is 58.0 Å². The fourth-order valence-corrected chi connectivity index (χ4v) is 11.5. The van der Waals surface area contributed by atoms with Crippen molar-refractivity contribution in [3.8, 4) is 0 Å². The van der Waals surface area contributed by atoms with Gasteiger partial charge in [-0.15, -0.1) is 0 Å². The lowest BCUT2D eigenvalue weighted by atomic mass is 9.70. The van der Waals surface area contributed by atoms with Gasteiger partial charge < -0.3 is 20.6 Å². The molecule has 8 atom stereocenters. The summed E-state index contributed by atoms with van der Waals surface area (Å²) < 4.78 is 0. The number of aromatic nitrogens is 2. The van der Waals surface area contributed by atoms with Gasteiger partial charge in [0.1, 0.15) is 34.9 Å². The highest BCUT2D eigenvalue weighted by molar-refractivity contribution is 8.14. The van der Waals surface area contributed by atoms with Gasteiger partial charge in [-0.25, -0.2) is 15.0 Å². The first kappa shape index (κ1) is 29.2. The second-order valence-corrected chi connectivity index (χ2v) is 16.4. The van der Waals surface area contributed by atoms with Crippen LogP contribution in [0.4, 0.5) is 17.5 Å². The van der Waals surface area contributed by atoms with E-state index in [1.807, 2.05) is 30.4 Å². The Balaban J connectivity index is 1.10. The van der Waals surface area contributed by atoms with Gasteiger partial charge in [0.05, 0.1) is 46.5 Å². The molecular formula is C40H23N7O6S. The summed E-state index contributed by atoms with van der Waals surface area (Å²) in [5.74, 6) is -4.08. The third-order valence-electron chi connectivity index (χ3n) is 12.6. The lowest BCUT2D eigenvalue weighted by molar-refractivity contribution is -0.139. The van der Waals surface area contributed by atoms with Crippen molar-refractivity contribution >= 4 is 86.8 Å². The topological polar surface area (TPSA) is 195 Å². The second kappa shape index (κ2) is 9.44. The average Bonchev–Trinajstić information content (AvgIpc) is 3.93. The highest BCUT2D eigenvalue weighted by Gasteiger charge is 2.52. The first-order valence-electron chi connectivity index (χ1n) is 17.9. The van der Waals surface area contributed by atoms with E-state index in [-0.39, 0.29) is 27.9 Å². The Morgan fingerprint density at radius 3 is 2.00 bits per heavy atom. The monoisotopic (exact) mass is 729 g/mol. The molecule has 14 heteroatoms. The van der Waals surface area contributed by atoms with Crippen molar-refractivity contribution in [3.63, 3.8) is 0 Å². The Bertz CT molecular complexity index is 2790. The summed E-state index contributed by atoms with van der Waals surface area (Å²) in [6, 6.07) is 0. The van der Waals surface area contributed by atoms with Gasteiger partial charge in [0.25, 0.3) is 0 Å². The smallest absolute Gasteiger partial charge is 0.210 e. The molecule has 16 bridgehead atoms. The Morgan fingerprint density at radius 1 is 0.556 bits per heavy atom. The van der Waals surface area contributed by atoms with Crippen LogP contribution in [0.15, 0.2) is 91.6 Å². The second-order valence-electron chi connectivity index (χ2n) is 15.2. The maximum absolute atomic E-state index is 13.4. The third-order valence-corrected chi connectivity index (χ3v) is 13.8. The zero-order chi connectivity index (χ0) is 36.0. The molecule has 54 heavy (non-hydrogen) atoms. The van der Waals surface area contributed by atoms with E-state index in [4.69, 9.17) is 15.0 Å². The van der Waals surface area contributed by atoms with Crippen molar-refractivity contribution < 1.29 is 28.8 Å². The van der Waals surface area contributed by atoms with Crippen molar-refractivity contribution in [2.75, 3.05) is 5.32 Å². The molecule has 10 aliphatic carbocycles. The quantitative estimate of drug-likeness (QED) is 0.230. The normalized spacial score (nSPS) is 33.6. The molecule has 0 spiro atoms. The largest absolute Gasteiger partial charge is 0.341 e. The van der Waals surface area contributed by atoms with Crippen LogP contribution in [0.2, 0.25) is 0 Å². The number of hydrogen-bond donors (Lipinski definition) is 4. The fourth-order valence-electron chi connectivity index (χ4n) is 10.3. The van der Waals surface area contributed by atoms with Gasteiger partial charge in [-0.05, 0) is 11.6 Å². The van der Waals surface area contributed by atoms with Crippen molar-refractivity contribution in [3.05, 3.63) is 105 Å². The minimum atomic E-state index is -0.868. The SMILES string of the molecule is O=C1SC2C=CC1C1=C2C2=NC1=Cc1[nH]c(c3c1C1C=CC3C(=O)C1=O)Nc1[nH]c(c3c1C1C=CC3C(=O)C1)N=C1N=C(N2)C2=C1C1C=CC2C(=O)C1=O. The molecule has 2 aromatic heterocycles. The van der Waals surface area contributed by atoms with E-state index in [2.05, 4.69) is 20.6 Å². The number of aromatic amines is 2. The van der Waals surface area contributed by atoms with E-state index in [1.54, 1.807) is 24.3 Å². The molecule has 0 saturated heterocycles. The maximum atomic E-state index is 13.4. The minimum absolute atomic E-state index is 0.00139. The van der Waals surface area contributed by atoms with Gasteiger partial charge in [-0.3, -0.25) is 28.8 Å². The third kappa shape index (κ3) is 3.33. The maximum Gasteiger partial charge on any atom is 0.210 e.